The highest BCUT2D eigenvalue weighted by Crippen LogP contribution is 2.32. The fourth-order valence-corrected chi connectivity index (χ4v) is 2.75. The van der Waals surface area contributed by atoms with Crippen molar-refractivity contribution in [3.63, 3.8) is 0 Å². The Hall–Kier alpha value is -2.77. The fraction of sp³-hybridized carbons (Fsp3) is 0.118. The van der Waals surface area contributed by atoms with E-state index in [-0.39, 0.29) is 18.5 Å². The molecule has 1 atom stereocenters. The predicted molar refractivity (Wildman–Crippen MR) is 94.7 cm³/mol. The third-order valence-electron chi connectivity index (χ3n) is 3.61. The molecule has 1 amide bonds. The number of fused-ring (bicyclic) bond motifs is 1. The van der Waals surface area contributed by atoms with Gasteiger partial charge in [-0.15, -0.1) is 5.10 Å². The van der Waals surface area contributed by atoms with Gasteiger partial charge in [-0.3, -0.25) is 10.1 Å². The number of carbonyl (C=O) groups is 1. The zero-order chi connectivity index (χ0) is 18.1. The second-order valence-corrected chi connectivity index (χ2v) is 6.23. The fourth-order valence-electron chi connectivity index (χ4n) is 2.38. The molecule has 1 aromatic heterocycles. The van der Waals surface area contributed by atoms with Crippen molar-refractivity contribution >= 4 is 35.1 Å². The lowest BCUT2D eigenvalue weighted by atomic mass is 10.2. The molecule has 2 aromatic carbocycles. The standard InChI is InChI=1S/C17H11Cl2N3O4/c18-9-5-6-11(19)10(7-9)16-21-22-17(26-16)20-15(23)14-8-24-12-3-1-2-4-13(12)25-14/h1-7,14H,8H2,(H,20,22,23)/t14-/m0/s1. The summed E-state index contributed by atoms with van der Waals surface area (Å²) in [5, 5.41) is 11.0. The van der Waals surface area contributed by atoms with E-state index in [1.807, 2.05) is 6.07 Å². The minimum absolute atomic E-state index is 0.0734. The number of hydrogen-bond donors (Lipinski definition) is 1. The first-order valence-electron chi connectivity index (χ1n) is 7.58. The Bertz CT molecular complexity index is 976. The molecular weight excluding hydrogens is 381 g/mol. The number of amides is 1. The molecule has 1 aliphatic heterocycles. The van der Waals surface area contributed by atoms with Crippen molar-refractivity contribution in [2.24, 2.45) is 0 Å². The van der Waals surface area contributed by atoms with Crippen LogP contribution in [0.15, 0.2) is 46.9 Å². The topological polar surface area (TPSA) is 86.5 Å². The first-order valence-corrected chi connectivity index (χ1v) is 8.34. The minimum Gasteiger partial charge on any atom is -0.485 e. The zero-order valence-electron chi connectivity index (χ0n) is 13.1. The molecule has 0 bridgehead atoms. The molecule has 9 heteroatoms. The number of ether oxygens (including phenoxy) is 2. The average Bonchev–Trinajstić information content (AvgIpc) is 3.11. The Kier molecular flexibility index (Phi) is 4.40. The van der Waals surface area contributed by atoms with Crippen molar-refractivity contribution < 1.29 is 18.7 Å². The van der Waals surface area contributed by atoms with Crippen LogP contribution in [0.25, 0.3) is 11.5 Å². The molecule has 26 heavy (non-hydrogen) atoms. The van der Waals surface area contributed by atoms with Crippen LogP contribution in [-0.2, 0) is 4.79 Å². The SMILES string of the molecule is O=C(Nc1nnc(-c2cc(Cl)ccc2Cl)o1)[C@@H]1COc2ccccc2O1. The number of nitrogens with zero attached hydrogens (tertiary/aromatic N) is 2. The van der Waals surface area contributed by atoms with Gasteiger partial charge in [0.2, 0.25) is 6.10 Å². The van der Waals surface area contributed by atoms with Crippen LogP contribution in [0.4, 0.5) is 6.01 Å². The van der Waals surface area contributed by atoms with Gasteiger partial charge in [-0.2, -0.15) is 0 Å². The van der Waals surface area contributed by atoms with E-state index < -0.39 is 12.0 Å². The summed E-state index contributed by atoms with van der Waals surface area (Å²) in [4.78, 5) is 12.4. The lowest BCUT2D eigenvalue weighted by Gasteiger charge is -2.24. The van der Waals surface area contributed by atoms with Gasteiger partial charge in [-0.05, 0) is 30.3 Å². The molecule has 7 nitrogen and oxygen atoms in total. The van der Waals surface area contributed by atoms with E-state index >= 15 is 0 Å². The lowest BCUT2D eigenvalue weighted by Crippen LogP contribution is -2.40. The normalized spacial score (nSPS) is 15.5. The number of para-hydroxylation sites is 2. The van der Waals surface area contributed by atoms with Crippen LogP contribution >= 0.6 is 23.2 Å². The van der Waals surface area contributed by atoms with Gasteiger partial charge in [-0.1, -0.05) is 40.4 Å². The zero-order valence-corrected chi connectivity index (χ0v) is 14.6. The van der Waals surface area contributed by atoms with Gasteiger partial charge in [-0.25, -0.2) is 0 Å². The second kappa shape index (κ2) is 6.86. The van der Waals surface area contributed by atoms with Crippen LogP contribution in [0.1, 0.15) is 0 Å². The summed E-state index contributed by atoms with van der Waals surface area (Å²) >= 11 is 12.1. The van der Waals surface area contributed by atoms with E-state index in [0.717, 1.165) is 0 Å². The Morgan fingerprint density at radius 1 is 1.12 bits per heavy atom. The van der Waals surface area contributed by atoms with Gasteiger partial charge in [0.1, 0.15) is 6.61 Å². The highest BCUT2D eigenvalue weighted by atomic mass is 35.5. The third-order valence-corrected chi connectivity index (χ3v) is 4.18. The van der Waals surface area contributed by atoms with E-state index in [0.29, 0.717) is 27.1 Å². The highest BCUT2D eigenvalue weighted by molar-refractivity contribution is 6.35. The van der Waals surface area contributed by atoms with Gasteiger partial charge in [0, 0.05) is 5.02 Å². The monoisotopic (exact) mass is 391 g/mol. The van der Waals surface area contributed by atoms with E-state index in [1.165, 1.54) is 0 Å². The average molecular weight is 392 g/mol. The van der Waals surface area contributed by atoms with E-state index in [1.54, 1.807) is 36.4 Å². The summed E-state index contributed by atoms with van der Waals surface area (Å²) in [6.07, 6.45) is -0.838. The molecule has 0 radical (unpaired) electrons. The summed E-state index contributed by atoms with van der Waals surface area (Å²) < 4.78 is 16.6. The molecule has 3 aromatic rings. The smallest absolute Gasteiger partial charge is 0.322 e. The Morgan fingerprint density at radius 2 is 1.92 bits per heavy atom. The highest BCUT2D eigenvalue weighted by Gasteiger charge is 2.28. The van der Waals surface area contributed by atoms with Crippen molar-refractivity contribution in [2.75, 3.05) is 11.9 Å². The molecule has 1 N–H and O–H groups in total. The molecule has 4 rings (SSSR count). The van der Waals surface area contributed by atoms with Crippen molar-refractivity contribution in [2.45, 2.75) is 6.10 Å². The van der Waals surface area contributed by atoms with Crippen LogP contribution in [0.3, 0.4) is 0 Å². The Balaban J connectivity index is 1.48. The molecule has 1 aliphatic rings. The van der Waals surface area contributed by atoms with E-state index in [4.69, 9.17) is 37.1 Å². The number of rotatable bonds is 3. The largest absolute Gasteiger partial charge is 0.485 e. The van der Waals surface area contributed by atoms with Crippen LogP contribution in [0.2, 0.25) is 10.0 Å². The molecule has 0 spiro atoms. The Labute approximate surface area is 157 Å². The summed E-state index contributed by atoms with van der Waals surface area (Å²) in [6.45, 7) is 0.0734. The maximum Gasteiger partial charge on any atom is 0.322 e. The van der Waals surface area contributed by atoms with Gasteiger partial charge < -0.3 is 13.9 Å². The molecular formula is C17H11Cl2N3O4. The lowest BCUT2D eigenvalue weighted by molar-refractivity contribution is -0.125. The van der Waals surface area contributed by atoms with E-state index in [9.17, 15) is 4.79 Å². The van der Waals surface area contributed by atoms with Crippen LogP contribution < -0.4 is 14.8 Å². The van der Waals surface area contributed by atoms with Gasteiger partial charge in [0.05, 0.1) is 10.6 Å². The number of hydrogen-bond acceptors (Lipinski definition) is 6. The molecule has 0 aliphatic carbocycles. The predicted octanol–water partition coefficient (Wildman–Crippen LogP) is 3.82. The van der Waals surface area contributed by atoms with Gasteiger partial charge in [0.25, 0.3) is 11.8 Å². The summed E-state index contributed by atoms with van der Waals surface area (Å²) in [5.41, 5.74) is 0.471. The maximum atomic E-state index is 12.4. The van der Waals surface area contributed by atoms with Crippen molar-refractivity contribution in [3.8, 4) is 23.0 Å². The molecule has 0 unspecified atom stereocenters. The molecule has 0 saturated heterocycles. The molecule has 2 heterocycles. The number of anilines is 1. The summed E-state index contributed by atoms with van der Waals surface area (Å²) in [6, 6.07) is 11.9. The quantitative estimate of drug-likeness (QED) is 0.729. The first-order chi connectivity index (χ1) is 12.6. The minimum atomic E-state index is -0.838. The Morgan fingerprint density at radius 3 is 2.77 bits per heavy atom. The maximum absolute atomic E-state index is 12.4. The molecule has 0 fully saturated rings. The number of aromatic nitrogens is 2. The van der Waals surface area contributed by atoms with Crippen molar-refractivity contribution in [1.82, 2.24) is 10.2 Å². The van der Waals surface area contributed by atoms with Crippen molar-refractivity contribution in [3.05, 3.63) is 52.5 Å². The summed E-state index contributed by atoms with van der Waals surface area (Å²) in [5.74, 6) is 0.758. The van der Waals surface area contributed by atoms with E-state index in [2.05, 4.69) is 15.5 Å². The molecule has 0 saturated carbocycles. The number of halogens is 2. The third kappa shape index (κ3) is 3.31. The molecule has 132 valence electrons. The number of nitrogens with one attached hydrogen (secondary N) is 1. The van der Waals surface area contributed by atoms with Crippen LogP contribution in [0, 0.1) is 0 Å². The number of benzene rings is 2. The van der Waals surface area contributed by atoms with Gasteiger partial charge in [0.15, 0.2) is 11.5 Å². The van der Waals surface area contributed by atoms with Crippen molar-refractivity contribution in [1.29, 1.82) is 0 Å². The van der Waals surface area contributed by atoms with Crippen LogP contribution in [0.5, 0.6) is 11.5 Å². The first kappa shape index (κ1) is 16.7. The van der Waals surface area contributed by atoms with Crippen LogP contribution in [-0.4, -0.2) is 28.8 Å². The summed E-state index contributed by atoms with van der Waals surface area (Å²) in [7, 11) is 0. The number of carbonyl (C=O) groups excluding carboxylic acids is 1. The van der Waals surface area contributed by atoms with Gasteiger partial charge >= 0.3 is 6.01 Å². The second-order valence-electron chi connectivity index (χ2n) is 5.39.